The summed E-state index contributed by atoms with van der Waals surface area (Å²) in [4.78, 5) is 22.6. The molecule has 4 heteroatoms. The molecule has 1 saturated carbocycles. The van der Waals surface area contributed by atoms with Gasteiger partial charge in [0.1, 0.15) is 11.7 Å². The zero-order valence-corrected chi connectivity index (χ0v) is 7.95. The smallest absolute Gasteiger partial charge is 0.334 e. The fourth-order valence-corrected chi connectivity index (χ4v) is 2.03. The van der Waals surface area contributed by atoms with Crippen LogP contribution in [0.4, 0.5) is 0 Å². The third kappa shape index (κ3) is 1.18. The van der Waals surface area contributed by atoms with Crippen LogP contribution in [0.25, 0.3) is 0 Å². The van der Waals surface area contributed by atoms with Crippen molar-refractivity contribution in [3.05, 3.63) is 12.2 Å². The predicted octanol–water partition coefficient (Wildman–Crippen LogP) is 0.198. The van der Waals surface area contributed by atoms with Gasteiger partial charge in [-0.2, -0.15) is 0 Å². The number of Topliss-reactive ketones (excluding diaryl/α,β-unsaturated/α-hetero) is 1. The highest BCUT2D eigenvalue weighted by Crippen LogP contribution is 2.39. The van der Waals surface area contributed by atoms with Crippen LogP contribution >= 0.6 is 0 Å². The Bertz CT molecular complexity index is 329. The lowest BCUT2D eigenvalue weighted by atomic mass is 9.75. The van der Waals surface area contributed by atoms with Crippen molar-refractivity contribution in [3.8, 4) is 0 Å². The van der Waals surface area contributed by atoms with Crippen LogP contribution in [-0.4, -0.2) is 28.6 Å². The Labute approximate surface area is 81.6 Å². The van der Waals surface area contributed by atoms with Gasteiger partial charge in [-0.1, -0.05) is 6.58 Å². The molecule has 76 valence electrons. The van der Waals surface area contributed by atoms with E-state index < -0.39 is 11.6 Å². The molecule has 0 aromatic heterocycles. The number of esters is 1. The van der Waals surface area contributed by atoms with E-state index in [9.17, 15) is 14.7 Å². The number of hydrogen-bond acceptors (Lipinski definition) is 4. The van der Waals surface area contributed by atoms with E-state index in [1.807, 2.05) is 0 Å². The van der Waals surface area contributed by atoms with Crippen molar-refractivity contribution in [2.45, 2.75) is 31.5 Å². The van der Waals surface area contributed by atoms with Gasteiger partial charge in [0.05, 0.1) is 0 Å². The van der Waals surface area contributed by atoms with E-state index in [0.29, 0.717) is 5.57 Å². The minimum Gasteiger partial charge on any atom is -0.458 e. The lowest BCUT2D eigenvalue weighted by Crippen LogP contribution is -2.46. The molecule has 1 heterocycles. The second kappa shape index (κ2) is 2.67. The molecule has 0 aromatic carbocycles. The number of fused-ring (bicyclic) bond motifs is 1. The van der Waals surface area contributed by atoms with Crippen LogP contribution in [0.3, 0.4) is 0 Å². The Kier molecular flexibility index (Phi) is 1.79. The molecule has 0 aromatic rings. The number of rotatable bonds is 0. The van der Waals surface area contributed by atoms with E-state index in [1.165, 1.54) is 6.92 Å². The molecule has 0 bridgehead atoms. The first kappa shape index (κ1) is 9.40. The quantitative estimate of drug-likeness (QED) is 0.444. The van der Waals surface area contributed by atoms with Gasteiger partial charge in [-0.25, -0.2) is 4.79 Å². The predicted molar refractivity (Wildman–Crippen MR) is 47.4 cm³/mol. The second-order valence-corrected chi connectivity index (χ2v) is 4.18. The van der Waals surface area contributed by atoms with E-state index in [2.05, 4.69) is 6.58 Å². The summed E-state index contributed by atoms with van der Waals surface area (Å²) in [6, 6.07) is 0. The van der Waals surface area contributed by atoms with Crippen molar-refractivity contribution in [1.82, 2.24) is 0 Å². The number of carbonyl (C=O) groups is 2. The van der Waals surface area contributed by atoms with Gasteiger partial charge in [0.15, 0.2) is 5.78 Å². The van der Waals surface area contributed by atoms with Crippen LogP contribution in [0, 0.1) is 5.92 Å². The second-order valence-electron chi connectivity index (χ2n) is 4.18. The molecule has 1 aliphatic carbocycles. The first-order valence-electron chi connectivity index (χ1n) is 4.57. The summed E-state index contributed by atoms with van der Waals surface area (Å²) in [6.07, 6.45) is -0.0357. The number of aliphatic hydroxyl groups is 1. The van der Waals surface area contributed by atoms with Crippen molar-refractivity contribution in [3.63, 3.8) is 0 Å². The van der Waals surface area contributed by atoms with Gasteiger partial charge in [0, 0.05) is 24.3 Å². The monoisotopic (exact) mass is 196 g/mol. The fraction of sp³-hybridized carbons (Fsp3) is 0.600. The van der Waals surface area contributed by atoms with Crippen molar-refractivity contribution < 1.29 is 19.4 Å². The van der Waals surface area contributed by atoms with Gasteiger partial charge in [-0.3, -0.25) is 4.79 Å². The zero-order chi connectivity index (χ0) is 10.5. The van der Waals surface area contributed by atoms with Gasteiger partial charge in [-0.15, -0.1) is 0 Å². The van der Waals surface area contributed by atoms with Gasteiger partial charge >= 0.3 is 5.97 Å². The molecule has 0 unspecified atom stereocenters. The highest BCUT2D eigenvalue weighted by atomic mass is 16.6. The summed E-state index contributed by atoms with van der Waals surface area (Å²) < 4.78 is 5.01. The van der Waals surface area contributed by atoms with Gasteiger partial charge in [0.25, 0.3) is 0 Å². The van der Waals surface area contributed by atoms with Crippen LogP contribution < -0.4 is 0 Å². The Balaban J connectivity index is 2.26. The van der Waals surface area contributed by atoms with Crippen molar-refractivity contribution in [2.75, 3.05) is 0 Å². The van der Waals surface area contributed by atoms with Crippen molar-refractivity contribution >= 4 is 11.8 Å². The van der Waals surface area contributed by atoms with Crippen molar-refractivity contribution in [1.29, 1.82) is 0 Å². The van der Waals surface area contributed by atoms with E-state index >= 15 is 0 Å². The molecule has 4 nitrogen and oxygen atoms in total. The van der Waals surface area contributed by atoms with E-state index in [4.69, 9.17) is 4.74 Å². The van der Waals surface area contributed by atoms with Crippen LogP contribution in [0.5, 0.6) is 0 Å². The maximum atomic E-state index is 11.5. The molecule has 3 atom stereocenters. The summed E-state index contributed by atoms with van der Waals surface area (Å²) in [5.41, 5.74) is -0.995. The highest BCUT2D eigenvalue weighted by molar-refractivity contribution is 5.95. The molecule has 1 saturated heterocycles. The Morgan fingerprint density at radius 2 is 2.21 bits per heavy atom. The third-order valence-corrected chi connectivity index (χ3v) is 3.02. The Morgan fingerprint density at radius 3 is 2.86 bits per heavy atom. The third-order valence-electron chi connectivity index (χ3n) is 3.02. The molecule has 1 N–H and O–H groups in total. The SMILES string of the molecule is C=C1C(=O)O[C@H]2C[C@@](C)(O)C(=O)C[C@@H]12. The molecule has 0 radical (unpaired) electrons. The first-order chi connectivity index (χ1) is 6.42. The summed E-state index contributed by atoms with van der Waals surface area (Å²) in [5.74, 6) is -0.904. The van der Waals surface area contributed by atoms with Gasteiger partial charge < -0.3 is 9.84 Å². The Hall–Kier alpha value is -1.16. The molecule has 2 fully saturated rings. The minimum absolute atomic E-state index is 0.155. The summed E-state index contributed by atoms with van der Waals surface area (Å²) in [5, 5.41) is 9.69. The fourth-order valence-electron chi connectivity index (χ4n) is 2.03. The number of hydrogen-bond donors (Lipinski definition) is 1. The van der Waals surface area contributed by atoms with Gasteiger partial charge in [-0.05, 0) is 6.92 Å². The maximum absolute atomic E-state index is 11.5. The topological polar surface area (TPSA) is 63.6 Å². The molecule has 14 heavy (non-hydrogen) atoms. The Morgan fingerprint density at radius 1 is 1.57 bits per heavy atom. The number of ketones is 1. The molecular formula is C10H12O4. The minimum atomic E-state index is -1.36. The number of ether oxygens (including phenoxy) is 1. The van der Waals surface area contributed by atoms with Crippen molar-refractivity contribution in [2.24, 2.45) is 5.92 Å². The normalized spacial score (nSPS) is 42.3. The van der Waals surface area contributed by atoms with Crippen LogP contribution in [-0.2, 0) is 14.3 Å². The lowest BCUT2D eigenvalue weighted by Gasteiger charge is -2.32. The van der Waals surface area contributed by atoms with E-state index in [-0.39, 0.29) is 30.6 Å². The lowest BCUT2D eigenvalue weighted by molar-refractivity contribution is -0.152. The molecule has 1 aliphatic heterocycles. The molecule has 2 rings (SSSR count). The van der Waals surface area contributed by atoms with Crippen LogP contribution in [0.1, 0.15) is 19.8 Å². The summed E-state index contributed by atoms with van der Waals surface area (Å²) >= 11 is 0. The van der Waals surface area contributed by atoms with Gasteiger partial charge in [0.2, 0.25) is 0 Å². The average molecular weight is 196 g/mol. The largest absolute Gasteiger partial charge is 0.458 e. The molecule has 0 spiro atoms. The van der Waals surface area contributed by atoms with Crippen LogP contribution in [0.2, 0.25) is 0 Å². The molecular weight excluding hydrogens is 184 g/mol. The van der Waals surface area contributed by atoms with Crippen LogP contribution in [0.15, 0.2) is 12.2 Å². The average Bonchev–Trinajstić information content (AvgIpc) is 2.31. The summed E-state index contributed by atoms with van der Waals surface area (Å²) in [7, 11) is 0. The maximum Gasteiger partial charge on any atom is 0.334 e. The zero-order valence-electron chi connectivity index (χ0n) is 7.95. The number of carbonyl (C=O) groups excluding carboxylic acids is 2. The summed E-state index contributed by atoms with van der Waals surface area (Å²) in [6.45, 7) is 5.05. The molecule has 0 amide bonds. The molecule has 2 aliphatic rings. The first-order valence-corrected chi connectivity index (χ1v) is 4.57. The highest BCUT2D eigenvalue weighted by Gasteiger charge is 2.50. The standard InChI is InChI=1S/C10H12O4/c1-5-6-3-8(11)10(2,13)4-7(6)14-9(5)12/h6-7,13H,1,3-4H2,2H3/t6-,7-,10+/m0/s1. The van der Waals surface area contributed by atoms with E-state index in [0.717, 1.165) is 0 Å². The van der Waals surface area contributed by atoms with E-state index in [1.54, 1.807) is 0 Å².